The van der Waals surface area contributed by atoms with Crippen LogP contribution in [0.15, 0.2) is 0 Å². The topological polar surface area (TPSA) is 32.3 Å². The lowest BCUT2D eigenvalue weighted by Gasteiger charge is -2.40. The summed E-state index contributed by atoms with van der Waals surface area (Å²) in [5.74, 6) is 0.565. The molecule has 3 atom stereocenters. The van der Waals surface area contributed by atoms with Crippen LogP contribution in [-0.2, 0) is 0 Å². The van der Waals surface area contributed by atoms with Gasteiger partial charge in [-0.3, -0.25) is 0 Å². The molecule has 2 N–H and O–H groups in total. The van der Waals surface area contributed by atoms with E-state index in [-0.39, 0.29) is 6.10 Å². The van der Waals surface area contributed by atoms with Gasteiger partial charge in [-0.25, -0.2) is 0 Å². The summed E-state index contributed by atoms with van der Waals surface area (Å²) in [4.78, 5) is 0. The summed E-state index contributed by atoms with van der Waals surface area (Å²) in [5, 5.41) is 12.7. The lowest BCUT2D eigenvalue weighted by Crippen LogP contribution is -2.51. The minimum absolute atomic E-state index is 0.00463. The van der Waals surface area contributed by atoms with Gasteiger partial charge in [0.25, 0.3) is 0 Å². The average molecular weight is 127 g/mol. The van der Waals surface area contributed by atoms with Crippen molar-refractivity contribution in [2.75, 3.05) is 6.54 Å². The van der Waals surface area contributed by atoms with Gasteiger partial charge in [-0.2, -0.15) is 0 Å². The highest BCUT2D eigenvalue weighted by Crippen LogP contribution is 2.28. The zero-order valence-electron chi connectivity index (χ0n) is 5.51. The molecule has 0 spiro atoms. The molecule has 2 heterocycles. The molecule has 3 fully saturated rings. The van der Waals surface area contributed by atoms with Crippen molar-refractivity contribution in [2.24, 2.45) is 5.92 Å². The van der Waals surface area contributed by atoms with Crippen LogP contribution in [0.25, 0.3) is 0 Å². The van der Waals surface area contributed by atoms with E-state index in [4.69, 9.17) is 0 Å². The molecular formula is C7H13NO. The maximum atomic E-state index is 9.36. The van der Waals surface area contributed by atoms with Gasteiger partial charge in [-0.1, -0.05) is 0 Å². The van der Waals surface area contributed by atoms with Gasteiger partial charge in [-0.05, 0) is 25.2 Å². The first kappa shape index (κ1) is 5.69. The number of hydrogen-bond donors (Lipinski definition) is 2. The zero-order chi connectivity index (χ0) is 6.27. The summed E-state index contributed by atoms with van der Waals surface area (Å²) in [6, 6.07) is 0.630. The summed E-state index contributed by atoms with van der Waals surface area (Å²) in [7, 11) is 0. The van der Waals surface area contributed by atoms with Crippen molar-refractivity contribution in [2.45, 2.75) is 31.4 Å². The Labute approximate surface area is 55.3 Å². The van der Waals surface area contributed by atoms with Crippen molar-refractivity contribution in [1.82, 2.24) is 5.32 Å². The molecule has 2 unspecified atom stereocenters. The van der Waals surface area contributed by atoms with Gasteiger partial charge in [0.2, 0.25) is 0 Å². The molecule has 9 heavy (non-hydrogen) atoms. The standard InChI is InChI=1S/C7H13NO/c9-7-3-6-2-1-5(7)4-8-6/h5-9H,1-4H2/t5?,6?,7-/m0/s1. The number of piperidine rings is 2. The predicted octanol–water partition coefficient (Wildman–Crippen LogP) is 0.119. The van der Waals surface area contributed by atoms with E-state index in [1.165, 1.54) is 12.8 Å². The molecule has 3 aliphatic rings. The van der Waals surface area contributed by atoms with Crippen LogP contribution >= 0.6 is 0 Å². The fraction of sp³-hybridized carbons (Fsp3) is 1.00. The number of nitrogens with one attached hydrogen (secondary N) is 1. The van der Waals surface area contributed by atoms with E-state index in [9.17, 15) is 5.11 Å². The van der Waals surface area contributed by atoms with E-state index in [1.54, 1.807) is 0 Å². The molecular weight excluding hydrogens is 114 g/mol. The summed E-state index contributed by atoms with van der Waals surface area (Å²) < 4.78 is 0. The van der Waals surface area contributed by atoms with Gasteiger partial charge in [0.05, 0.1) is 6.10 Å². The van der Waals surface area contributed by atoms with Crippen LogP contribution in [0.1, 0.15) is 19.3 Å². The molecule has 0 amide bonds. The molecule has 52 valence electrons. The third-order valence-electron chi connectivity index (χ3n) is 2.62. The van der Waals surface area contributed by atoms with Crippen molar-refractivity contribution in [1.29, 1.82) is 0 Å². The Kier molecular flexibility index (Phi) is 1.24. The Hall–Kier alpha value is -0.0800. The van der Waals surface area contributed by atoms with E-state index in [1.807, 2.05) is 0 Å². The Morgan fingerprint density at radius 3 is 2.44 bits per heavy atom. The number of aliphatic hydroxyl groups excluding tert-OH is 1. The Bertz CT molecular complexity index is 107. The largest absolute Gasteiger partial charge is 0.393 e. The maximum absolute atomic E-state index is 9.36. The fourth-order valence-corrected chi connectivity index (χ4v) is 1.95. The summed E-state index contributed by atoms with van der Waals surface area (Å²) in [6.07, 6.45) is 3.51. The van der Waals surface area contributed by atoms with Crippen LogP contribution < -0.4 is 5.32 Å². The third kappa shape index (κ3) is 0.864. The molecule has 1 aliphatic carbocycles. The molecule has 1 saturated carbocycles. The van der Waals surface area contributed by atoms with Crippen LogP contribution in [0.4, 0.5) is 0 Å². The molecule has 2 heteroatoms. The Balaban J connectivity index is 2.06. The second-order valence-corrected chi connectivity index (χ2v) is 3.25. The van der Waals surface area contributed by atoms with Crippen molar-refractivity contribution in [3.05, 3.63) is 0 Å². The van der Waals surface area contributed by atoms with E-state index in [2.05, 4.69) is 5.32 Å². The fourth-order valence-electron chi connectivity index (χ4n) is 1.95. The molecule has 2 bridgehead atoms. The van der Waals surface area contributed by atoms with Gasteiger partial charge >= 0.3 is 0 Å². The highest BCUT2D eigenvalue weighted by Gasteiger charge is 2.33. The van der Waals surface area contributed by atoms with Gasteiger partial charge in [0.15, 0.2) is 0 Å². The molecule has 0 radical (unpaired) electrons. The van der Waals surface area contributed by atoms with Crippen LogP contribution in [0.2, 0.25) is 0 Å². The monoisotopic (exact) mass is 127 g/mol. The second kappa shape index (κ2) is 1.96. The number of aliphatic hydroxyl groups is 1. The van der Waals surface area contributed by atoms with Crippen LogP contribution in [-0.4, -0.2) is 23.8 Å². The molecule has 3 rings (SSSR count). The van der Waals surface area contributed by atoms with Gasteiger partial charge < -0.3 is 10.4 Å². The molecule has 2 nitrogen and oxygen atoms in total. The van der Waals surface area contributed by atoms with Crippen molar-refractivity contribution < 1.29 is 5.11 Å². The minimum Gasteiger partial charge on any atom is -0.393 e. The van der Waals surface area contributed by atoms with Crippen LogP contribution in [0.3, 0.4) is 0 Å². The quantitative estimate of drug-likeness (QED) is 0.484. The molecule has 0 aromatic heterocycles. The van der Waals surface area contributed by atoms with Crippen LogP contribution in [0.5, 0.6) is 0 Å². The minimum atomic E-state index is 0.00463. The highest BCUT2D eigenvalue weighted by atomic mass is 16.3. The number of hydrogen-bond acceptors (Lipinski definition) is 2. The van der Waals surface area contributed by atoms with Gasteiger partial charge in [-0.15, -0.1) is 0 Å². The Morgan fingerprint density at radius 1 is 1.33 bits per heavy atom. The van der Waals surface area contributed by atoms with Crippen LogP contribution in [0, 0.1) is 5.92 Å². The van der Waals surface area contributed by atoms with Crippen molar-refractivity contribution in [3.8, 4) is 0 Å². The normalized spacial score (nSPS) is 49.7. The molecule has 0 aromatic rings. The van der Waals surface area contributed by atoms with Gasteiger partial charge in [0.1, 0.15) is 0 Å². The summed E-state index contributed by atoms with van der Waals surface area (Å²) in [5.41, 5.74) is 0. The van der Waals surface area contributed by atoms with Gasteiger partial charge in [0, 0.05) is 12.6 Å². The van der Waals surface area contributed by atoms with E-state index in [0.717, 1.165) is 13.0 Å². The third-order valence-corrected chi connectivity index (χ3v) is 2.62. The second-order valence-electron chi connectivity index (χ2n) is 3.25. The number of rotatable bonds is 0. The molecule has 2 saturated heterocycles. The van der Waals surface area contributed by atoms with E-state index >= 15 is 0 Å². The molecule has 0 aromatic carbocycles. The first-order valence-corrected chi connectivity index (χ1v) is 3.78. The lowest BCUT2D eigenvalue weighted by molar-refractivity contribution is 0.0228. The smallest absolute Gasteiger partial charge is 0.0595 e. The van der Waals surface area contributed by atoms with Crippen molar-refractivity contribution in [3.63, 3.8) is 0 Å². The zero-order valence-corrected chi connectivity index (χ0v) is 5.51. The van der Waals surface area contributed by atoms with E-state index in [0.29, 0.717) is 12.0 Å². The SMILES string of the molecule is O[C@H]1CC2CCC1CN2. The Morgan fingerprint density at radius 2 is 2.22 bits per heavy atom. The summed E-state index contributed by atoms with van der Waals surface area (Å²) in [6.45, 7) is 1.05. The number of fused-ring (bicyclic) bond motifs is 3. The molecule has 2 aliphatic heterocycles. The van der Waals surface area contributed by atoms with E-state index < -0.39 is 0 Å². The predicted molar refractivity (Wildman–Crippen MR) is 35.1 cm³/mol. The lowest BCUT2D eigenvalue weighted by atomic mass is 9.79. The summed E-state index contributed by atoms with van der Waals surface area (Å²) >= 11 is 0. The first-order valence-electron chi connectivity index (χ1n) is 3.78. The first-order chi connectivity index (χ1) is 4.36. The highest BCUT2D eigenvalue weighted by molar-refractivity contribution is 4.90. The average Bonchev–Trinajstić information content (AvgIpc) is 1.90. The van der Waals surface area contributed by atoms with Crippen molar-refractivity contribution >= 4 is 0 Å². The maximum Gasteiger partial charge on any atom is 0.0595 e.